The molecule has 1 aliphatic heterocycles. The van der Waals surface area contributed by atoms with Crippen LogP contribution < -0.4 is 4.90 Å². The van der Waals surface area contributed by atoms with Crippen molar-refractivity contribution in [2.75, 3.05) is 36.8 Å². The Hall–Kier alpha value is -3.05. The summed E-state index contributed by atoms with van der Waals surface area (Å²) in [4.78, 5) is 31.2. The molecule has 0 saturated carbocycles. The number of nitro groups is 1. The molecule has 2 heterocycles. The number of benzene rings is 2. The number of carbonyl (C=O) groups excluding carboxylic acids is 1. The maximum atomic E-state index is 12.5. The van der Waals surface area contributed by atoms with E-state index in [1.54, 1.807) is 35.2 Å². The Morgan fingerprint density at radius 1 is 1.10 bits per heavy atom. The van der Waals surface area contributed by atoms with Crippen molar-refractivity contribution in [1.29, 1.82) is 0 Å². The Labute approximate surface area is 183 Å². The minimum atomic E-state index is -3.55. The van der Waals surface area contributed by atoms with E-state index >= 15 is 0 Å². The van der Waals surface area contributed by atoms with Crippen LogP contribution in [0.15, 0.2) is 48.5 Å². The maximum absolute atomic E-state index is 12.5. The van der Waals surface area contributed by atoms with Crippen molar-refractivity contribution < 1.29 is 18.1 Å². The predicted octanol–water partition coefficient (Wildman–Crippen LogP) is 2.47. The van der Waals surface area contributed by atoms with E-state index in [1.165, 1.54) is 23.5 Å². The topological polar surface area (TPSA) is 114 Å². The summed E-state index contributed by atoms with van der Waals surface area (Å²) in [6, 6.07) is 13.4. The van der Waals surface area contributed by atoms with Crippen LogP contribution in [0.2, 0.25) is 0 Å². The number of amides is 1. The van der Waals surface area contributed by atoms with Crippen LogP contribution in [0.4, 0.5) is 10.8 Å². The lowest BCUT2D eigenvalue weighted by molar-refractivity contribution is -0.384. The van der Waals surface area contributed by atoms with Gasteiger partial charge in [-0.15, -0.1) is 0 Å². The fraction of sp³-hybridized carbons (Fsp3) is 0.300. The summed E-state index contributed by atoms with van der Waals surface area (Å²) in [5.41, 5.74) is 1.38. The first-order valence-electron chi connectivity index (χ1n) is 9.63. The van der Waals surface area contributed by atoms with Crippen LogP contribution in [0.5, 0.6) is 0 Å². The molecule has 3 aromatic rings. The number of non-ortho nitro benzene ring substituents is 1. The van der Waals surface area contributed by atoms with Crippen molar-refractivity contribution in [3.05, 3.63) is 64.2 Å². The lowest BCUT2D eigenvalue weighted by atomic mass is 10.2. The lowest BCUT2D eigenvalue weighted by Crippen LogP contribution is -2.50. The van der Waals surface area contributed by atoms with Gasteiger partial charge in [-0.25, -0.2) is 13.4 Å². The summed E-state index contributed by atoms with van der Waals surface area (Å²) in [7, 11) is -3.55. The first-order chi connectivity index (χ1) is 14.8. The first-order valence-corrected chi connectivity index (χ1v) is 12.3. The molecular weight excluding hydrogens is 440 g/mol. The van der Waals surface area contributed by atoms with Crippen LogP contribution in [0, 0.1) is 10.1 Å². The second kappa shape index (κ2) is 8.60. The third kappa shape index (κ3) is 5.00. The zero-order valence-electron chi connectivity index (χ0n) is 16.5. The number of nitrogens with zero attached hydrogens (tertiary/aromatic N) is 4. The summed E-state index contributed by atoms with van der Waals surface area (Å²) in [5, 5.41) is 11.7. The van der Waals surface area contributed by atoms with Gasteiger partial charge in [0.1, 0.15) is 5.75 Å². The number of hydrogen-bond donors (Lipinski definition) is 0. The van der Waals surface area contributed by atoms with Gasteiger partial charge in [0.15, 0.2) is 15.0 Å². The van der Waals surface area contributed by atoms with E-state index < -0.39 is 26.4 Å². The molecule has 0 aliphatic carbocycles. The van der Waals surface area contributed by atoms with Gasteiger partial charge in [-0.05, 0) is 11.6 Å². The van der Waals surface area contributed by atoms with Crippen molar-refractivity contribution in [3.8, 4) is 0 Å². The Morgan fingerprint density at radius 2 is 1.81 bits per heavy atom. The molecule has 9 nitrogen and oxygen atoms in total. The summed E-state index contributed by atoms with van der Waals surface area (Å²) in [6.45, 7) is 1.84. The van der Waals surface area contributed by atoms with Crippen molar-refractivity contribution in [1.82, 2.24) is 9.88 Å². The summed E-state index contributed by atoms with van der Waals surface area (Å²) >= 11 is 1.37. The van der Waals surface area contributed by atoms with Gasteiger partial charge >= 0.3 is 0 Å². The molecule has 1 saturated heterocycles. The number of rotatable bonds is 6. The highest BCUT2D eigenvalue weighted by Crippen LogP contribution is 2.31. The molecule has 162 valence electrons. The van der Waals surface area contributed by atoms with Crippen LogP contribution in [0.3, 0.4) is 0 Å². The zero-order valence-corrected chi connectivity index (χ0v) is 18.1. The molecule has 1 aliphatic rings. The molecule has 1 amide bonds. The van der Waals surface area contributed by atoms with Crippen LogP contribution >= 0.6 is 11.3 Å². The minimum absolute atomic E-state index is 0.0230. The Kier molecular flexibility index (Phi) is 5.88. The largest absolute Gasteiger partial charge is 0.345 e. The number of anilines is 1. The summed E-state index contributed by atoms with van der Waals surface area (Å²) in [5.74, 6) is -1.06. The number of fused-ring (bicyclic) bond motifs is 1. The number of piperazine rings is 1. The molecular formula is C20H20N4O5S2. The second-order valence-electron chi connectivity index (χ2n) is 7.29. The monoisotopic (exact) mass is 460 g/mol. The van der Waals surface area contributed by atoms with Crippen molar-refractivity contribution in [2.45, 2.75) is 5.75 Å². The third-order valence-electron chi connectivity index (χ3n) is 5.05. The molecule has 2 aromatic carbocycles. The molecule has 31 heavy (non-hydrogen) atoms. The molecule has 11 heteroatoms. The van der Waals surface area contributed by atoms with Crippen molar-refractivity contribution >= 4 is 48.1 Å². The minimum Gasteiger partial charge on any atom is -0.345 e. The molecule has 4 rings (SSSR count). The van der Waals surface area contributed by atoms with Crippen LogP contribution in [-0.4, -0.2) is 61.1 Å². The van der Waals surface area contributed by atoms with Crippen LogP contribution in [-0.2, 0) is 20.4 Å². The standard InChI is InChI=1S/C20H20N4O5S2/c25-19(14-31(28,29)13-15-4-2-1-3-5-15)22-8-10-23(11-9-22)20-21-17-7-6-16(24(26)27)12-18(17)30-20/h1-7,12H,8-11,13-14H2. The lowest BCUT2D eigenvalue weighted by Gasteiger charge is -2.34. The van der Waals surface area contributed by atoms with Crippen molar-refractivity contribution in [3.63, 3.8) is 0 Å². The van der Waals surface area contributed by atoms with Gasteiger partial charge in [0.2, 0.25) is 5.91 Å². The highest BCUT2D eigenvalue weighted by molar-refractivity contribution is 7.91. The predicted molar refractivity (Wildman–Crippen MR) is 119 cm³/mol. The summed E-state index contributed by atoms with van der Waals surface area (Å²) < 4.78 is 25.5. The SMILES string of the molecule is O=C(CS(=O)(=O)Cc1ccccc1)N1CCN(c2nc3ccc([N+](=O)[O-])cc3s2)CC1. The molecule has 0 radical (unpaired) electrons. The van der Waals surface area contributed by atoms with E-state index in [1.807, 2.05) is 11.0 Å². The Bertz CT molecular complexity index is 1220. The van der Waals surface area contributed by atoms with Gasteiger partial charge in [-0.1, -0.05) is 41.7 Å². The molecule has 0 spiro atoms. The number of carbonyl (C=O) groups is 1. The molecule has 1 fully saturated rings. The number of hydrogen-bond acceptors (Lipinski definition) is 8. The molecule has 0 N–H and O–H groups in total. The fourth-order valence-electron chi connectivity index (χ4n) is 3.46. The average Bonchev–Trinajstić information content (AvgIpc) is 3.17. The highest BCUT2D eigenvalue weighted by Gasteiger charge is 2.27. The van der Waals surface area contributed by atoms with Gasteiger partial charge in [0, 0.05) is 38.3 Å². The van der Waals surface area contributed by atoms with E-state index in [0.717, 1.165) is 9.83 Å². The zero-order chi connectivity index (χ0) is 22.0. The highest BCUT2D eigenvalue weighted by atomic mass is 32.2. The van der Waals surface area contributed by atoms with E-state index in [4.69, 9.17) is 0 Å². The van der Waals surface area contributed by atoms with Crippen LogP contribution in [0.25, 0.3) is 10.2 Å². The van der Waals surface area contributed by atoms with Gasteiger partial charge in [-0.3, -0.25) is 14.9 Å². The molecule has 0 bridgehead atoms. The summed E-state index contributed by atoms with van der Waals surface area (Å²) in [6.07, 6.45) is 0. The normalized spacial score (nSPS) is 14.7. The quantitative estimate of drug-likeness (QED) is 0.410. The van der Waals surface area contributed by atoms with Gasteiger partial charge < -0.3 is 9.80 Å². The smallest absolute Gasteiger partial charge is 0.270 e. The van der Waals surface area contributed by atoms with E-state index in [0.29, 0.717) is 37.3 Å². The average molecular weight is 461 g/mol. The Morgan fingerprint density at radius 3 is 2.48 bits per heavy atom. The third-order valence-corrected chi connectivity index (χ3v) is 7.59. The van der Waals surface area contributed by atoms with Gasteiger partial charge in [0.25, 0.3) is 5.69 Å². The second-order valence-corrected chi connectivity index (χ2v) is 10.4. The van der Waals surface area contributed by atoms with E-state index in [2.05, 4.69) is 4.98 Å². The van der Waals surface area contributed by atoms with E-state index in [9.17, 15) is 23.3 Å². The fourth-order valence-corrected chi connectivity index (χ4v) is 5.87. The van der Waals surface area contributed by atoms with E-state index in [-0.39, 0.29) is 11.4 Å². The molecule has 0 unspecified atom stereocenters. The number of thiazole rings is 1. The number of sulfone groups is 1. The van der Waals surface area contributed by atoms with Gasteiger partial charge in [-0.2, -0.15) is 0 Å². The first kappa shape index (κ1) is 21.2. The van der Waals surface area contributed by atoms with Crippen LogP contribution in [0.1, 0.15) is 5.56 Å². The maximum Gasteiger partial charge on any atom is 0.270 e. The number of nitro benzene ring substituents is 1. The van der Waals surface area contributed by atoms with Gasteiger partial charge in [0.05, 0.1) is 20.9 Å². The Balaban J connectivity index is 1.36. The van der Waals surface area contributed by atoms with Crippen molar-refractivity contribution in [2.24, 2.45) is 0 Å². The molecule has 0 atom stereocenters. The molecule has 1 aromatic heterocycles. The number of aromatic nitrogens is 1.